The fourth-order valence-corrected chi connectivity index (χ4v) is 2.32. The fraction of sp³-hybridized carbons (Fsp3) is 0.500. The van der Waals surface area contributed by atoms with Gasteiger partial charge in [0.05, 0.1) is 0 Å². The predicted octanol–water partition coefficient (Wildman–Crippen LogP) is 1.73. The van der Waals surface area contributed by atoms with Crippen LogP contribution in [-0.4, -0.2) is 46.5 Å². The number of aromatic carboxylic acids is 1. The first kappa shape index (κ1) is 15.2. The second kappa shape index (κ2) is 7.01. The number of carboxylic acid groups (broad SMARTS) is 1. The van der Waals surface area contributed by atoms with E-state index in [-0.39, 0.29) is 24.7 Å². The number of aromatic nitrogens is 1. The van der Waals surface area contributed by atoms with Gasteiger partial charge in [-0.3, -0.25) is 4.79 Å². The van der Waals surface area contributed by atoms with E-state index in [1.165, 1.54) is 6.20 Å². The van der Waals surface area contributed by atoms with E-state index in [0.29, 0.717) is 0 Å². The first-order valence-electron chi connectivity index (χ1n) is 6.99. The maximum absolute atomic E-state index is 13.8. The van der Waals surface area contributed by atoms with Gasteiger partial charge < -0.3 is 15.3 Å². The van der Waals surface area contributed by atoms with Gasteiger partial charge in [-0.2, -0.15) is 0 Å². The molecule has 1 amide bonds. The number of piperidine rings is 1. The molecule has 1 fully saturated rings. The van der Waals surface area contributed by atoms with Crippen molar-refractivity contribution in [3.8, 4) is 0 Å². The molecule has 1 saturated heterocycles. The van der Waals surface area contributed by atoms with Crippen molar-refractivity contribution in [2.45, 2.75) is 25.7 Å². The summed E-state index contributed by atoms with van der Waals surface area (Å²) in [5, 5.41) is 11.5. The molecule has 1 aromatic heterocycles. The van der Waals surface area contributed by atoms with Crippen LogP contribution < -0.4 is 5.32 Å². The highest BCUT2D eigenvalue weighted by Crippen LogP contribution is 2.15. The van der Waals surface area contributed by atoms with E-state index < -0.39 is 17.3 Å². The number of likely N-dealkylation sites (tertiary alicyclic amines) is 1. The molecule has 0 spiro atoms. The van der Waals surface area contributed by atoms with Crippen molar-refractivity contribution in [3.05, 3.63) is 23.6 Å². The van der Waals surface area contributed by atoms with Gasteiger partial charge in [-0.05, 0) is 25.3 Å². The molecule has 114 valence electrons. The van der Waals surface area contributed by atoms with Crippen LogP contribution in [0.25, 0.3) is 0 Å². The summed E-state index contributed by atoms with van der Waals surface area (Å²) in [6.45, 7) is 1.78. The molecule has 2 heterocycles. The third kappa shape index (κ3) is 3.90. The summed E-state index contributed by atoms with van der Waals surface area (Å²) < 4.78 is 13.8. The van der Waals surface area contributed by atoms with Gasteiger partial charge in [0.1, 0.15) is 5.56 Å². The zero-order chi connectivity index (χ0) is 15.2. The minimum atomic E-state index is -1.35. The fourth-order valence-electron chi connectivity index (χ4n) is 2.32. The zero-order valence-electron chi connectivity index (χ0n) is 11.6. The van der Waals surface area contributed by atoms with E-state index in [0.717, 1.165) is 38.4 Å². The average molecular weight is 295 g/mol. The van der Waals surface area contributed by atoms with Crippen molar-refractivity contribution in [1.82, 2.24) is 9.88 Å². The van der Waals surface area contributed by atoms with Crippen LogP contribution in [-0.2, 0) is 4.79 Å². The van der Waals surface area contributed by atoms with Gasteiger partial charge in [-0.15, -0.1) is 0 Å². The SMILES string of the molecule is O=C(O)c1ccnc(NCCC(=O)N2CCCCC2)c1F. The maximum Gasteiger partial charge on any atom is 0.338 e. The van der Waals surface area contributed by atoms with Crippen molar-refractivity contribution in [3.63, 3.8) is 0 Å². The highest BCUT2D eigenvalue weighted by atomic mass is 19.1. The lowest BCUT2D eigenvalue weighted by Gasteiger charge is -2.26. The summed E-state index contributed by atoms with van der Waals surface area (Å²) >= 11 is 0. The van der Waals surface area contributed by atoms with Crippen LogP contribution in [0.15, 0.2) is 12.3 Å². The van der Waals surface area contributed by atoms with Gasteiger partial charge in [0.15, 0.2) is 11.6 Å². The van der Waals surface area contributed by atoms with Gasteiger partial charge in [-0.25, -0.2) is 14.2 Å². The molecule has 0 bridgehead atoms. The molecule has 0 radical (unpaired) electrons. The lowest BCUT2D eigenvalue weighted by molar-refractivity contribution is -0.131. The lowest BCUT2D eigenvalue weighted by Crippen LogP contribution is -2.36. The third-order valence-electron chi connectivity index (χ3n) is 3.46. The summed E-state index contributed by atoms with van der Waals surface area (Å²) in [6, 6.07) is 1.10. The van der Waals surface area contributed by atoms with Crippen molar-refractivity contribution in [2.24, 2.45) is 0 Å². The minimum absolute atomic E-state index is 0.0250. The number of nitrogens with one attached hydrogen (secondary N) is 1. The number of hydrogen-bond acceptors (Lipinski definition) is 4. The van der Waals surface area contributed by atoms with E-state index in [1.54, 1.807) is 0 Å². The molecular formula is C14H18FN3O3. The molecule has 1 aliphatic heterocycles. The maximum atomic E-state index is 13.8. The molecule has 0 saturated carbocycles. The lowest BCUT2D eigenvalue weighted by atomic mass is 10.1. The van der Waals surface area contributed by atoms with Crippen molar-refractivity contribution >= 4 is 17.7 Å². The van der Waals surface area contributed by atoms with E-state index in [2.05, 4.69) is 10.3 Å². The van der Waals surface area contributed by atoms with E-state index >= 15 is 0 Å². The molecule has 0 aliphatic carbocycles. The molecule has 0 aromatic carbocycles. The molecule has 0 atom stereocenters. The Morgan fingerprint density at radius 1 is 1.33 bits per heavy atom. The number of carbonyl (C=O) groups excluding carboxylic acids is 1. The van der Waals surface area contributed by atoms with E-state index in [9.17, 15) is 14.0 Å². The largest absolute Gasteiger partial charge is 0.478 e. The van der Waals surface area contributed by atoms with Gasteiger partial charge in [0, 0.05) is 32.3 Å². The molecular weight excluding hydrogens is 277 g/mol. The van der Waals surface area contributed by atoms with Crippen molar-refractivity contribution in [2.75, 3.05) is 25.0 Å². The quantitative estimate of drug-likeness (QED) is 0.864. The summed E-state index contributed by atoms with van der Waals surface area (Å²) in [5.41, 5.74) is -0.435. The second-order valence-corrected chi connectivity index (χ2v) is 4.94. The normalized spacial score (nSPS) is 14.8. The zero-order valence-corrected chi connectivity index (χ0v) is 11.6. The van der Waals surface area contributed by atoms with Crippen LogP contribution in [0.1, 0.15) is 36.0 Å². The Morgan fingerprint density at radius 2 is 2.05 bits per heavy atom. The average Bonchev–Trinajstić information content (AvgIpc) is 2.49. The summed E-state index contributed by atoms with van der Waals surface area (Å²) in [4.78, 5) is 28.3. The Kier molecular flexibility index (Phi) is 5.08. The van der Waals surface area contributed by atoms with Gasteiger partial charge in [-0.1, -0.05) is 0 Å². The van der Waals surface area contributed by atoms with Crippen molar-refractivity contribution in [1.29, 1.82) is 0 Å². The number of anilines is 1. The number of nitrogens with zero attached hydrogens (tertiary/aromatic N) is 2. The molecule has 1 aromatic rings. The number of carboxylic acids is 1. The van der Waals surface area contributed by atoms with Gasteiger partial charge >= 0.3 is 5.97 Å². The summed E-state index contributed by atoms with van der Waals surface area (Å²) in [6.07, 6.45) is 4.66. The number of rotatable bonds is 5. The molecule has 0 unspecified atom stereocenters. The van der Waals surface area contributed by atoms with Crippen molar-refractivity contribution < 1.29 is 19.1 Å². The van der Waals surface area contributed by atoms with E-state index in [4.69, 9.17) is 5.11 Å². The Labute approximate surface area is 122 Å². The number of carbonyl (C=O) groups is 2. The van der Waals surface area contributed by atoms with Crippen LogP contribution >= 0.6 is 0 Å². The smallest absolute Gasteiger partial charge is 0.338 e. The molecule has 6 nitrogen and oxygen atoms in total. The third-order valence-corrected chi connectivity index (χ3v) is 3.46. The molecule has 1 aliphatic rings. The summed E-state index contributed by atoms with van der Waals surface area (Å²) in [5.74, 6) is -2.36. The Bertz CT molecular complexity index is 530. The van der Waals surface area contributed by atoms with Gasteiger partial charge in [0.25, 0.3) is 0 Å². The highest BCUT2D eigenvalue weighted by Gasteiger charge is 2.17. The molecule has 2 rings (SSSR count). The molecule has 21 heavy (non-hydrogen) atoms. The highest BCUT2D eigenvalue weighted by molar-refractivity contribution is 5.88. The van der Waals surface area contributed by atoms with E-state index in [1.807, 2.05) is 4.90 Å². The van der Waals surface area contributed by atoms with Crippen LogP contribution in [0.5, 0.6) is 0 Å². The number of hydrogen-bond donors (Lipinski definition) is 2. The van der Waals surface area contributed by atoms with Crippen LogP contribution in [0, 0.1) is 5.82 Å². The topological polar surface area (TPSA) is 82.5 Å². The van der Waals surface area contributed by atoms with Gasteiger partial charge in [0.2, 0.25) is 5.91 Å². The molecule has 2 N–H and O–H groups in total. The van der Waals surface area contributed by atoms with Crippen LogP contribution in [0.3, 0.4) is 0 Å². The Hall–Kier alpha value is -2.18. The summed E-state index contributed by atoms with van der Waals surface area (Å²) in [7, 11) is 0. The van der Waals surface area contributed by atoms with Crippen LogP contribution in [0.2, 0.25) is 0 Å². The number of halogens is 1. The first-order valence-corrected chi connectivity index (χ1v) is 6.99. The standard InChI is InChI=1S/C14H18FN3O3/c15-12-10(14(20)21)4-6-16-13(12)17-7-5-11(19)18-8-2-1-3-9-18/h4,6H,1-3,5,7-9H2,(H,16,17)(H,20,21). The minimum Gasteiger partial charge on any atom is -0.478 e. The number of amides is 1. The second-order valence-electron chi connectivity index (χ2n) is 4.94. The first-order chi connectivity index (χ1) is 10.1. The monoisotopic (exact) mass is 295 g/mol. The van der Waals surface area contributed by atoms with Crippen LogP contribution in [0.4, 0.5) is 10.2 Å². The Balaban J connectivity index is 1.87. The predicted molar refractivity (Wildman–Crippen MR) is 74.7 cm³/mol. The number of pyridine rings is 1. The Morgan fingerprint density at radius 3 is 2.71 bits per heavy atom. The molecule has 7 heteroatoms.